The molecule has 1 aromatic heterocycles. The van der Waals surface area contributed by atoms with E-state index < -0.39 is 0 Å². The smallest absolute Gasteiger partial charge is 0.125 e. The quantitative estimate of drug-likeness (QED) is 0.850. The lowest BCUT2D eigenvalue weighted by Crippen LogP contribution is -2.25. The number of rotatable bonds is 5. The minimum Gasteiger partial charge on any atom is -0.369 e. The Hall–Kier alpha value is -1.09. The third kappa shape index (κ3) is 4.73. The van der Waals surface area contributed by atoms with Crippen LogP contribution in [0.4, 0.5) is 5.82 Å². The van der Waals surface area contributed by atoms with Crippen molar-refractivity contribution in [2.24, 2.45) is 0 Å². The van der Waals surface area contributed by atoms with E-state index in [0.29, 0.717) is 0 Å². The van der Waals surface area contributed by atoms with Crippen LogP contribution < -0.4 is 5.32 Å². The molecule has 17 heavy (non-hydrogen) atoms. The molecule has 0 spiro atoms. The van der Waals surface area contributed by atoms with Crippen molar-refractivity contribution in [2.45, 2.75) is 33.1 Å². The Morgan fingerprint density at radius 3 is 2.47 bits per heavy atom. The van der Waals surface area contributed by atoms with Gasteiger partial charge in [-0.1, -0.05) is 33.8 Å². The Bertz CT molecular complexity index is 324. The summed E-state index contributed by atoms with van der Waals surface area (Å²) in [5, 5.41) is 3.34. The second-order valence-corrected chi connectivity index (χ2v) is 5.50. The maximum absolute atomic E-state index is 4.44. The van der Waals surface area contributed by atoms with Crippen molar-refractivity contribution < 1.29 is 0 Å². The standard InChI is InChI=1S/C14H25N3/c1-6-17(5)10-9-15-13-8-7-12(11-16-13)14(2,3)4/h7-8,11H,6,9-10H2,1-5H3,(H,15,16). The Morgan fingerprint density at radius 1 is 1.29 bits per heavy atom. The molecule has 3 nitrogen and oxygen atoms in total. The summed E-state index contributed by atoms with van der Waals surface area (Å²) in [6.45, 7) is 11.8. The minimum atomic E-state index is 0.175. The second-order valence-electron chi connectivity index (χ2n) is 5.50. The van der Waals surface area contributed by atoms with E-state index in [9.17, 15) is 0 Å². The van der Waals surface area contributed by atoms with Gasteiger partial charge in [-0.2, -0.15) is 0 Å². The highest BCUT2D eigenvalue weighted by Gasteiger charge is 2.13. The largest absolute Gasteiger partial charge is 0.369 e. The lowest BCUT2D eigenvalue weighted by molar-refractivity contribution is 0.367. The first-order valence-corrected chi connectivity index (χ1v) is 6.32. The van der Waals surface area contributed by atoms with Crippen LogP contribution in [-0.4, -0.2) is 36.6 Å². The summed E-state index contributed by atoms with van der Waals surface area (Å²) >= 11 is 0. The number of anilines is 1. The molecule has 0 aliphatic heterocycles. The fourth-order valence-corrected chi connectivity index (χ4v) is 1.48. The van der Waals surface area contributed by atoms with Crippen LogP contribution in [0, 0.1) is 0 Å². The number of pyridine rings is 1. The average molecular weight is 235 g/mol. The van der Waals surface area contributed by atoms with Gasteiger partial charge < -0.3 is 10.2 Å². The van der Waals surface area contributed by atoms with Crippen molar-refractivity contribution in [1.29, 1.82) is 0 Å². The molecule has 0 fully saturated rings. The number of nitrogens with one attached hydrogen (secondary N) is 1. The van der Waals surface area contributed by atoms with Crippen molar-refractivity contribution >= 4 is 5.82 Å². The highest BCUT2D eigenvalue weighted by atomic mass is 15.1. The van der Waals surface area contributed by atoms with Gasteiger partial charge in [0.05, 0.1) is 0 Å². The predicted octanol–water partition coefficient (Wildman–Crippen LogP) is 2.74. The number of likely N-dealkylation sites (N-methyl/N-ethyl adjacent to an activating group) is 1. The molecule has 0 unspecified atom stereocenters. The van der Waals surface area contributed by atoms with E-state index in [0.717, 1.165) is 25.5 Å². The summed E-state index contributed by atoms with van der Waals surface area (Å²) in [4.78, 5) is 6.71. The molecular weight excluding hydrogens is 210 g/mol. The van der Waals surface area contributed by atoms with Crippen molar-refractivity contribution in [2.75, 3.05) is 32.0 Å². The summed E-state index contributed by atoms with van der Waals surface area (Å²) in [5.74, 6) is 0.961. The SMILES string of the molecule is CCN(C)CCNc1ccc(C(C)(C)C)cn1. The average Bonchev–Trinajstić information content (AvgIpc) is 2.28. The molecule has 3 heteroatoms. The Balaban J connectivity index is 2.46. The number of hydrogen-bond acceptors (Lipinski definition) is 3. The zero-order chi connectivity index (χ0) is 12.9. The van der Waals surface area contributed by atoms with E-state index in [1.807, 2.05) is 6.20 Å². The third-order valence-electron chi connectivity index (χ3n) is 2.97. The number of hydrogen-bond donors (Lipinski definition) is 1. The Labute approximate surface area is 105 Å². The van der Waals surface area contributed by atoms with Crippen LogP contribution in [0.15, 0.2) is 18.3 Å². The third-order valence-corrected chi connectivity index (χ3v) is 2.97. The molecule has 0 amide bonds. The van der Waals surface area contributed by atoms with Crippen LogP contribution in [0.5, 0.6) is 0 Å². The van der Waals surface area contributed by atoms with Crippen LogP contribution in [0.25, 0.3) is 0 Å². The molecule has 0 bridgehead atoms. The first-order valence-electron chi connectivity index (χ1n) is 6.32. The van der Waals surface area contributed by atoms with Crippen molar-refractivity contribution in [3.05, 3.63) is 23.9 Å². The van der Waals surface area contributed by atoms with E-state index in [1.165, 1.54) is 5.56 Å². The van der Waals surface area contributed by atoms with E-state index in [-0.39, 0.29) is 5.41 Å². The van der Waals surface area contributed by atoms with Gasteiger partial charge in [-0.15, -0.1) is 0 Å². The van der Waals surface area contributed by atoms with Gasteiger partial charge in [0.25, 0.3) is 0 Å². The first kappa shape index (κ1) is 14.0. The van der Waals surface area contributed by atoms with E-state index in [4.69, 9.17) is 0 Å². The molecule has 0 aliphatic carbocycles. The molecule has 0 aromatic carbocycles. The molecule has 0 radical (unpaired) electrons. The molecule has 0 saturated heterocycles. The second kappa shape index (κ2) is 6.01. The fraction of sp³-hybridized carbons (Fsp3) is 0.643. The molecule has 1 aromatic rings. The van der Waals surface area contributed by atoms with Gasteiger partial charge in [0.2, 0.25) is 0 Å². The summed E-state index contributed by atoms with van der Waals surface area (Å²) in [7, 11) is 2.12. The topological polar surface area (TPSA) is 28.2 Å². The van der Waals surface area contributed by atoms with Crippen LogP contribution >= 0.6 is 0 Å². The summed E-state index contributed by atoms with van der Waals surface area (Å²) in [5.41, 5.74) is 1.45. The van der Waals surface area contributed by atoms with Gasteiger partial charge in [0.1, 0.15) is 5.82 Å². The predicted molar refractivity (Wildman–Crippen MR) is 74.6 cm³/mol. The zero-order valence-corrected chi connectivity index (χ0v) is 11.7. The molecule has 0 atom stereocenters. The van der Waals surface area contributed by atoms with Crippen LogP contribution in [0.3, 0.4) is 0 Å². The summed E-state index contributed by atoms with van der Waals surface area (Å²) in [6.07, 6.45) is 1.96. The summed E-state index contributed by atoms with van der Waals surface area (Å²) in [6, 6.07) is 4.21. The number of nitrogens with zero attached hydrogens (tertiary/aromatic N) is 2. The lowest BCUT2D eigenvalue weighted by atomic mass is 9.88. The highest BCUT2D eigenvalue weighted by molar-refractivity contribution is 5.37. The summed E-state index contributed by atoms with van der Waals surface area (Å²) < 4.78 is 0. The Kier molecular flexibility index (Phi) is 4.94. The molecule has 96 valence electrons. The molecule has 1 rings (SSSR count). The van der Waals surface area contributed by atoms with Gasteiger partial charge in [-0.05, 0) is 30.6 Å². The first-order chi connectivity index (χ1) is 7.93. The minimum absolute atomic E-state index is 0.175. The van der Waals surface area contributed by atoms with Crippen LogP contribution in [-0.2, 0) is 5.41 Å². The maximum Gasteiger partial charge on any atom is 0.125 e. The van der Waals surface area contributed by atoms with Crippen LogP contribution in [0.1, 0.15) is 33.3 Å². The van der Waals surface area contributed by atoms with Crippen molar-refractivity contribution in [3.8, 4) is 0 Å². The maximum atomic E-state index is 4.44. The van der Waals surface area contributed by atoms with Crippen molar-refractivity contribution in [1.82, 2.24) is 9.88 Å². The van der Waals surface area contributed by atoms with Gasteiger partial charge in [0, 0.05) is 19.3 Å². The van der Waals surface area contributed by atoms with E-state index in [2.05, 4.69) is 62.1 Å². The molecular formula is C14H25N3. The lowest BCUT2D eigenvalue weighted by Gasteiger charge is -2.19. The van der Waals surface area contributed by atoms with E-state index >= 15 is 0 Å². The number of aromatic nitrogens is 1. The van der Waals surface area contributed by atoms with Crippen molar-refractivity contribution in [3.63, 3.8) is 0 Å². The molecule has 1 heterocycles. The van der Waals surface area contributed by atoms with E-state index in [1.54, 1.807) is 0 Å². The Morgan fingerprint density at radius 2 is 2.00 bits per heavy atom. The van der Waals surface area contributed by atoms with Gasteiger partial charge in [-0.25, -0.2) is 4.98 Å². The van der Waals surface area contributed by atoms with Gasteiger partial charge in [0.15, 0.2) is 0 Å². The zero-order valence-electron chi connectivity index (χ0n) is 11.7. The monoisotopic (exact) mass is 235 g/mol. The molecule has 0 saturated carbocycles. The van der Waals surface area contributed by atoms with Crippen LogP contribution in [0.2, 0.25) is 0 Å². The molecule has 1 N–H and O–H groups in total. The van der Waals surface area contributed by atoms with Gasteiger partial charge >= 0.3 is 0 Å². The molecule has 0 aliphatic rings. The highest BCUT2D eigenvalue weighted by Crippen LogP contribution is 2.21. The normalized spacial score (nSPS) is 11.9. The fourth-order valence-electron chi connectivity index (χ4n) is 1.48. The van der Waals surface area contributed by atoms with Gasteiger partial charge in [-0.3, -0.25) is 0 Å².